The summed E-state index contributed by atoms with van der Waals surface area (Å²) >= 11 is 1.46. The molecule has 63 heavy (non-hydrogen) atoms. The number of thiazole rings is 1. The number of aryl methyl sites for hydroxylation is 1. The Morgan fingerprint density at radius 3 is 2.59 bits per heavy atom. The SMILES string of the molecule is COc1ccc2c(OC3CC4C(=O)NC5(C(=O)NS(=O)(=O)C6CC6)CC5C=CCCCCCC(CC(=O)N5CCCC(F)(F)C5)C(=O)N4C3)cc(-c3nc(C(C)C)cs3)nc2c1C. The normalized spacial score (nSPS) is 26.7. The van der Waals surface area contributed by atoms with Gasteiger partial charge in [-0.3, -0.25) is 23.9 Å². The molecule has 4 fully saturated rings. The van der Waals surface area contributed by atoms with Crippen LogP contribution < -0.4 is 19.5 Å². The van der Waals surface area contributed by atoms with Gasteiger partial charge >= 0.3 is 0 Å². The third-order valence-electron chi connectivity index (χ3n) is 13.1. The van der Waals surface area contributed by atoms with E-state index in [4.69, 9.17) is 19.4 Å². The van der Waals surface area contributed by atoms with Crippen LogP contribution in [0.25, 0.3) is 21.6 Å². The number of alkyl halides is 2. The Hall–Kier alpha value is -4.71. The molecule has 0 spiro atoms. The van der Waals surface area contributed by atoms with Gasteiger partial charge in [0.2, 0.25) is 27.7 Å². The number of amides is 4. The minimum Gasteiger partial charge on any atom is -0.496 e. The first-order valence-electron chi connectivity index (χ1n) is 22.1. The van der Waals surface area contributed by atoms with Crippen molar-refractivity contribution in [2.24, 2.45) is 11.8 Å². The van der Waals surface area contributed by atoms with Crippen molar-refractivity contribution in [1.82, 2.24) is 29.8 Å². The fraction of sp³-hybridized carbons (Fsp3) is 0.600. The van der Waals surface area contributed by atoms with Gasteiger partial charge in [0, 0.05) is 60.0 Å². The van der Waals surface area contributed by atoms with E-state index < -0.39 is 80.9 Å². The molecule has 1 aromatic carbocycles. The number of ether oxygens (including phenoxy) is 2. The highest BCUT2D eigenvalue weighted by Crippen LogP contribution is 2.46. The monoisotopic (exact) mass is 910 g/mol. The van der Waals surface area contributed by atoms with Crippen molar-refractivity contribution < 1.29 is 45.9 Å². The van der Waals surface area contributed by atoms with Crippen molar-refractivity contribution in [2.75, 3.05) is 26.7 Å². The van der Waals surface area contributed by atoms with Gasteiger partial charge in [0.25, 0.3) is 11.8 Å². The van der Waals surface area contributed by atoms with Gasteiger partial charge in [-0.05, 0) is 69.9 Å². The molecule has 3 aliphatic heterocycles. The second-order valence-electron chi connectivity index (χ2n) is 18.2. The van der Waals surface area contributed by atoms with Crippen LogP contribution in [0.2, 0.25) is 0 Å². The Bertz CT molecular complexity index is 2420. The molecular weight excluding hydrogens is 855 g/mol. The van der Waals surface area contributed by atoms with Crippen molar-refractivity contribution in [3.05, 3.63) is 47.0 Å². The van der Waals surface area contributed by atoms with Gasteiger partial charge in [-0.15, -0.1) is 11.3 Å². The van der Waals surface area contributed by atoms with Gasteiger partial charge in [0.15, 0.2) is 0 Å². The molecule has 5 heterocycles. The molecule has 5 aliphatic rings. The van der Waals surface area contributed by atoms with Crippen LogP contribution in [-0.2, 0) is 29.2 Å². The van der Waals surface area contributed by atoms with Crippen molar-refractivity contribution in [1.29, 1.82) is 0 Å². The maximum Gasteiger partial charge on any atom is 0.265 e. The smallest absolute Gasteiger partial charge is 0.265 e. The van der Waals surface area contributed by atoms with Crippen molar-refractivity contribution in [2.45, 2.75) is 133 Å². The molecular formula is C45H56F2N6O8S2. The number of likely N-dealkylation sites (tertiary alicyclic amines) is 1. The summed E-state index contributed by atoms with van der Waals surface area (Å²) in [6.07, 6.45) is 6.59. The van der Waals surface area contributed by atoms with Gasteiger partial charge in [-0.25, -0.2) is 27.2 Å². The molecule has 4 amide bonds. The van der Waals surface area contributed by atoms with Crippen LogP contribution in [-0.4, -0.2) is 107 Å². The first kappa shape index (κ1) is 44.9. The number of carbonyl (C=O) groups excluding carboxylic acids is 4. The van der Waals surface area contributed by atoms with Crippen LogP contribution in [0.4, 0.5) is 8.78 Å². The highest BCUT2D eigenvalue weighted by atomic mass is 32.2. The Morgan fingerprint density at radius 1 is 1.08 bits per heavy atom. The molecule has 0 bridgehead atoms. The molecule has 14 nitrogen and oxygen atoms in total. The second kappa shape index (κ2) is 17.7. The molecule has 3 aromatic rings. The lowest BCUT2D eigenvalue weighted by molar-refractivity contribution is -0.148. The van der Waals surface area contributed by atoms with Crippen LogP contribution in [0.5, 0.6) is 11.5 Å². The third-order valence-corrected chi connectivity index (χ3v) is 15.8. The van der Waals surface area contributed by atoms with Gasteiger partial charge < -0.3 is 24.6 Å². The molecule has 18 heteroatoms. The van der Waals surface area contributed by atoms with E-state index in [0.29, 0.717) is 71.6 Å². The lowest BCUT2D eigenvalue weighted by atomic mass is 9.94. The Morgan fingerprint density at radius 2 is 1.87 bits per heavy atom. The average Bonchev–Trinajstić information content (AvgIpc) is 4.11. The number of hydrogen-bond acceptors (Lipinski definition) is 11. The minimum atomic E-state index is -3.95. The van der Waals surface area contributed by atoms with Crippen LogP contribution in [0.1, 0.15) is 108 Å². The topological polar surface area (TPSA) is 177 Å². The zero-order valence-electron chi connectivity index (χ0n) is 36.2. The quantitative estimate of drug-likeness (QED) is 0.216. The molecule has 8 rings (SSSR count). The molecule has 2 saturated heterocycles. The number of methoxy groups -OCH3 is 1. The van der Waals surface area contributed by atoms with E-state index in [1.807, 2.05) is 36.6 Å². The highest BCUT2D eigenvalue weighted by Gasteiger charge is 2.62. The molecule has 2 N–H and O–H groups in total. The van der Waals surface area contributed by atoms with Gasteiger partial charge in [0.05, 0.1) is 36.7 Å². The zero-order valence-corrected chi connectivity index (χ0v) is 37.8. The van der Waals surface area contributed by atoms with Gasteiger partial charge in [0.1, 0.15) is 39.9 Å². The molecule has 2 aromatic heterocycles. The summed E-state index contributed by atoms with van der Waals surface area (Å²) < 4.78 is 69.6. The number of sulfonamides is 1. The van der Waals surface area contributed by atoms with E-state index in [1.54, 1.807) is 13.2 Å². The van der Waals surface area contributed by atoms with E-state index >= 15 is 0 Å². The number of pyridine rings is 1. The number of carbonyl (C=O) groups is 4. The molecule has 340 valence electrons. The zero-order chi connectivity index (χ0) is 44.8. The number of hydrogen-bond donors (Lipinski definition) is 2. The van der Waals surface area contributed by atoms with Gasteiger partial charge in [-0.2, -0.15) is 0 Å². The van der Waals surface area contributed by atoms with Crippen LogP contribution in [0.3, 0.4) is 0 Å². The fourth-order valence-corrected chi connectivity index (χ4v) is 11.5. The maximum atomic E-state index is 14.9. The number of benzene rings is 1. The minimum absolute atomic E-state index is 0.00178. The summed E-state index contributed by atoms with van der Waals surface area (Å²) in [6.45, 7) is 5.40. The van der Waals surface area contributed by atoms with E-state index in [1.165, 1.54) is 16.2 Å². The summed E-state index contributed by atoms with van der Waals surface area (Å²) in [6, 6.07) is 4.27. The number of allylic oxidation sites excluding steroid dienone is 1. The largest absolute Gasteiger partial charge is 0.496 e. The summed E-state index contributed by atoms with van der Waals surface area (Å²) in [5.74, 6) is -5.67. The summed E-state index contributed by atoms with van der Waals surface area (Å²) in [5, 5.41) is 5.57. The van der Waals surface area contributed by atoms with E-state index in [9.17, 15) is 36.4 Å². The first-order valence-corrected chi connectivity index (χ1v) is 24.5. The maximum absolute atomic E-state index is 14.9. The molecule has 2 saturated carbocycles. The average molecular weight is 911 g/mol. The fourth-order valence-electron chi connectivity index (χ4n) is 9.15. The molecule has 5 atom stereocenters. The standard InChI is InChI=1S/C45H56F2N6O8S2/c1-26(2)34-24-62-41(49-34)33-21-37(32-15-16-36(60-4)27(3)39(32)48-33)61-30-20-35-40(55)50-45(43(57)51-63(58,59)31-13-14-31)22-29(45)12-9-7-5-6-8-11-28(42(56)53(35)23-30)19-38(54)52-18-10-17-44(46,47)25-52/h9,12,15-16,21,24,26,28-31,35H,5-8,10-11,13-14,17-20,22-23,25H2,1-4H3,(H,50,55)(H,51,57). The number of halogens is 2. The van der Waals surface area contributed by atoms with Crippen LogP contribution >= 0.6 is 11.3 Å². The number of fused-ring (bicyclic) bond motifs is 3. The van der Waals surface area contributed by atoms with E-state index in [0.717, 1.165) is 22.6 Å². The Balaban J connectivity index is 1.14. The number of rotatable bonds is 10. The summed E-state index contributed by atoms with van der Waals surface area (Å²) in [7, 11) is -2.37. The van der Waals surface area contributed by atoms with Crippen molar-refractivity contribution >= 4 is 55.9 Å². The lowest BCUT2D eigenvalue weighted by Crippen LogP contribution is -2.57. The summed E-state index contributed by atoms with van der Waals surface area (Å²) in [5.41, 5.74) is 1.31. The van der Waals surface area contributed by atoms with Crippen molar-refractivity contribution in [3.8, 4) is 22.2 Å². The van der Waals surface area contributed by atoms with Crippen LogP contribution in [0, 0.1) is 18.8 Å². The predicted octanol–water partition coefficient (Wildman–Crippen LogP) is 6.41. The Labute approximate surface area is 370 Å². The first-order chi connectivity index (χ1) is 30.0. The number of piperidine rings is 1. The third kappa shape index (κ3) is 9.57. The molecule has 0 radical (unpaired) electrons. The second-order valence-corrected chi connectivity index (χ2v) is 21.0. The predicted molar refractivity (Wildman–Crippen MR) is 233 cm³/mol. The number of nitrogens with one attached hydrogen (secondary N) is 2. The Kier molecular flexibility index (Phi) is 12.6. The number of nitrogens with zero attached hydrogens (tertiary/aromatic N) is 4. The highest BCUT2D eigenvalue weighted by molar-refractivity contribution is 7.91. The lowest BCUT2D eigenvalue weighted by Gasteiger charge is -2.34. The van der Waals surface area contributed by atoms with E-state index in [-0.39, 0.29) is 51.1 Å². The van der Waals surface area contributed by atoms with Gasteiger partial charge in [-0.1, -0.05) is 38.8 Å². The van der Waals surface area contributed by atoms with Crippen LogP contribution in [0.15, 0.2) is 35.7 Å². The molecule has 2 aliphatic carbocycles. The summed E-state index contributed by atoms with van der Waals surface area (Å²) in [4.78, 5) is 69.6. The molecule has 5 unspecified atom stereocenters. The number of aromatic nitrogens is 2. The van der Waals surface area contributed by atoms with E-state index in [2.05, 4.69) is 23.9 Å². The van der Waals surface area contributed by atoms with Crippen molar-refractivity contribution in [3.63, 3.8) is 0 Å².